The fourth-order valence-electron chi connectivity index (χ4n) is 7.16. The SMILES string of the molecule is C.CC(=O)[C@]1(O)Cc2c(O)c3c(c(O)c2[C@@H](OC2CC(C)C(O)C(NCc4ccccc4[N+](=O)[O-])C2)C1)C(=O)c1ccccc1C3=O.Cl. The number of ketones is 3. The third kappa shape index (κ3) is 6.10. The monoisotopic (exact) mass is 682 g/mol. The lowest BCUT2D eigenvalue weighted by molar-refractivity contribution is -0.385. The van der Waals surface area contributed by atoms with Gasteiger partial charge in [-0.25, -0.2) is 0 Å². The van der Waals surface area contributed by atoms with Gasteiger partial charge < -0.3 is 30.5 Å². The number of aromatic hydroxyl groups is 2. The maximum absolute atomic E-state index is 13.6. The molecule has 4 unspecified atom stereocenters. The summed E-state index contributed by atoms with van der Waals surface area (Å²) in [5.41, 5.74) is -2.27. The van der Waals surface area contributed by atoms with Crippen molar-refractivity contribution in [3.05, 3.63) is 97.6 Å². The van der Waals surface area contributed by atoms with Crippen molar-refractivity contribution in [3.8, 4) is 11.5 Å². The van der Waals surface area contributed by atoms with Crippen LogP contribution in [0.15, 0.2) is 48.5 Å². The Balaban J connectivity index is 0.00000260. The normalized spacial score (nSPS) is 25.9. The minimum absolute atomic E-state index is 0. The zero-order chi connectivity index (χ0) is 33.1. The number of fused-ring (bicyclic) bond motifs is 3. The van der Waals surface area contributed by atoms with Crippen LogP contribution in [0.25, 0.3) is 0 Å². The largest absolute Gasteiger partial charge is 0.507 e. The van der Waals surface area contributed by atoms with Crippen LogP contribution in [0, 0.1) is 16.0 Å². The standard InChI is InChI=1S/C34H34N2O10.CH4.ClH/c1-16-11-19(12-23(29(16)38)35-15-18-7-3-6-10-24(18)36(44)45)46-25-14-34(43,17(2)37)13-22-26(25)33(42)28-27(32(22)41)30(39)20-8-4-5-9-21(20)31(28)40;;/h3-10,16,19,23,25,29,35,38,41-43H,11-15H2,1-2H3;1H4;1H/t16?,19?,23?,25-,29?,34-;;/m0../s1. The number of benzene rings is 3. The van der Waals surface area contributed by atoms with Gasteiger partial charge >= 0.3 is 0 Å². The summed E-state index contributed by atoms with van der Waals surface area (Å²) in [5.74, 6) is -3.37. The lowest BCUT2D eigenvalue weighted by Crippen LogP contribution is -2.51. The highest BCUT2D eigenvalue weighted by Gasteiger charge is 2.49. The number of hydrogen-bond donors (Lipinski definition) is 5. The summed E-state index contributed by atoms with van der Waals surface area (Å²) in [6.07, 6.45) is -2.68. The Bertz CT molecular complexity index is 1800. The molecule has 0 aliphatic heterocycles. The van der Waals surface area contributed by atoms with Gasteiger partial charge in [0.25, 0.3) is 5.69 Å². The number of phenols is 2. The van der Waals surface area contributed by atoms with Gasteiger partial charge in [0.2, 0.25) is 0 Å². The maximum atomic E-state index is 13.6. The van der Waals surface area contributed by atoms with Crippen LogP contribution in [0.4, 0.5) is 5.69 Å². The van der Waals surface area contributed by atoms with Crippen LogP contribution in [0.1, 0.15) is 95.2 Å². The number of halogens is 1. The fraction of sp³-hybridized carbons (Fsp3) is 0.400. The molecule has 3 aliphatic rings. The average molecular weight is 683 g/mol. The number of nitro groups is 1. The first-order valence-electron chi connectivity index (χ1n) is 15.1. The quantitative estimate of drug-likeness (QED) is 0.105. The van der Waals surface area contributed by atoms with E-state index in [4.69, 9.17) is 4.74 Å². The number of nitro benzene ring substituents is 1. The molecule has 6 atom stereocenters. The number of rotatable bonds is 7. The number of nitrogens with one attached hydrogen (secondary N) is 1. The van der Waals surface area contributed by atoms with Gasteiger partial charge in [0.15, 0.2) is 17.3 Å². The smallest absolute Gasteiger partial charge is 0.273 e. The molecule has 3 aromatic rings. The van der Waals surface area contributed by atoms with E-state index in [2.05, 4.69) is 5.32 Å². The molecule has 0 heterocycles. The number of phenolic OH excluding ortho intramolecular Hbond substituents is 2. The molecule has 13 heteroatoms. The van der Waals surface area contributed by atoms with Crippen LogP contribution >= 0.6 is 12.4 Å². The summed E-state index contributed by atoms with van der Waals surface area (Å²) in [5, 5.41) is 60.2. The van der Waals surface area contributed by atoms with E-state index in [1.54, 1.807) is 30.3 Å². The number of hydrogen-bond acceptors (Lipinski definition) is 11. The Morgan fingerprint density at radius 3 is 2.21 bits per heavy atom. The predicted molar refractivity (Wildman–Crippen MR) is 177 cm³/mol. The molecular weight excluding hydrogens is 644 g/mol. The summed E-state index contributed by atoms with van der Waals surface area (Å²) in [7, 11) is 0. The fourth-order valence-corrected chi connectivity index (χ4v) is 7.16. The van der Waals surface area contributed by atoms with Crippen molar-refractivity contribution in [3.63, 3.8) is 0 Å². The molecule has 0 amide bonds. The zero-order valence-electron chi connectivity index (χ0n) is 25.6. The number of para-hydroxylation sites is 1. The summed E-state index contributed by atoms with van der Waals surface area (Å²) >= 11 is 0. The number of aliphatic hydroxyl groups is 2. The third-order valence-corrected chi connectivity index (χ3v) is 9.68. The van der Waals surface area contributed by atoms with E-state index < -0.39 is 70.1 Å². The minimum atomic E-state index is -2.00. The molecular formula is C35H39ClN2O10. The number of carbonyl (C=O) groups is 3. The number of Topliss-reactive ketones (excluding diaryl/α,β-unsaturated/α-hetero) is 1. The van der Waals surface area contributed by atoms with Crippen molar-refractivity contribution < 1.29 is 44.5 Å². The van der Waals surface area contributed by atoms with Crippen molar-refractivity contribution in [1.29, 1.82) is 0 Å². The predicted octanol–water partition coefficient (Wildman–Crippen LogP) is 4.48. The maximum Gasteiger partial charge on any atom is 0.273 e. The van der Waals surface area contributed by atoms with Gasteiger partial charge in [-0.2, -0.15) is 0 Å². The Kier molecular flexibility index (Phi) is 10.5. The Morgan fingerprint density at radius 2 is 1.60 bits per heavy atom. The molecule has 256 valence electrons. The van der Waals surface area contributed by atoms with E-state index in [0.717, 1.165) is 0 Å². The number of carbonyl (C=O) groups excluding carboxylic acids is 3. The molecule has 48 heavy (non-hydrogen) atoms. The molecule has 0 aromatic heterocycles. The van der Waals surface area contributed by atoms with Crippen LogP contribution in [-0.4, -0.2) is 66.5 Å². The van der Waals surface area contributed by atoms with Crippen molar-refractivity contribution in [2.45, 2.75) is 83.5 Å². The number of nitrogens with zero attached hydrogens (tertiary/aromatic N) is 1. The van der Waals surface area contributed by atoms with E-state index in [9.17, 15) is 44.9 Å². The molecule has 3 aromatic carbocycles. The number of ether oxygens (including phenoxy) is 1. The van der Waals surface area contributed by atoms with Gasteiger partial charge in [-0.05, 0) is 25.7 Å². The van der Waals surface area contributed by atoms with Crippen molar-refractivity contribution in [2.24, 2.45) is 5.92 Å². The summed E-state index contributed by atoms with van der Waals surface area (Å²) in [6.45, 7) is 3.12. The van der Waals surface area contributed by atoms with Crippen LogP contribution < -0.4 is 5.32 Å². The summed E-state index contributed by atoms with van der Waals surface area (Å²) in [4.78, 5) is 50.8. The van der Waals surface area contributed by atoms with Crippen LogP contribution in [0.5, 0.6) is 11.5 Å². The second-order valence-corrected chi connectivity index (χ2v) is 12.6. The summed E-state index contributed by atoms with van der Waals surface area (Å²) in [6, 6.07) is 11.8. The van der Waals surface area contributed by atoms with Gasteiger partial charge in [0.1, 0.15) is 17.1 Å². The Labute approximate surface area is 283 Å². The molecule has 0 spiro atoms. The van der Waals surface area contributed by atoms with Gasteiger partial charge in [0.05, 0.1) is 34.4 Å². The molecule has 0 bridgehead atoms. The van der Waals surface area contributed by atoms with Crippen molar-refractivity contribution in [1.82, 2.24) is 5.32 Å². The number of aliphatic hydroxyl groups excluding tert-OH is 1. The van der Waals surface area contributed by atoms with Crippen LogP contribution in [0.2, 0.25) is 0 Å². The second kappa shape index (κ2) is 13.7. The van der Waals surface area contributed by atoms with E-state index >= 15 is 0 Å². The lowest BCUT2D eigenvalue weighted by Gasteiger charge is -2.43. The van der Waals surface area contributed by atoms with Crippen LogP contribution in [0.3, 0.4) is 0 Å². The Hall–Kier alpha value is -4.20. The van der Waals surface area contributed by atoms with Gasteiger partial charge in [-0.3, -0.25) is 24.5 Å². The van der Waals surface area contributed by atoms with E-state index in [1.165, 1.54) is 25.1 Å². The Morgan fingerprint density at radius 1 is 1.02 bits per heavy atom. The van der Waals surface area contributed by atoms with Gasteiger partial charge in [-0.15, -0.1) is 12.4 Å². The lowest BCUT2D eigenvalue weighted by atomic mass is 9.72. The highest BCUT2D eigenvalue weighted by atomic mass is 35.5. The highest BCUT2D eigenvalue weighted by Crippen LogP contribution is 2.52. The zero-order valence-corrected chi connectivity index (χ0v) is 26.5. The second-order valence-electron chi connectivity index (χ2n) is 12.6. The van der Waals surface area contributed by atoms with Crippen molar-refractivity contribution in [2.75, 3.05) is 0 Å². The van der Waals surface area contributed by atoms with E-state index in [-0.39, 0.29) is 84.2 Å². The summed E-state index contributed by atoms with van der Waals surface area (Å²) < 4.78 is 6.49. The first kappa shape index (κ1) is 36.6. The molecule has 12 nitrogen and oxygen atoms in total. The molecule has 3 aliphatic carbocycles. The highest BCUT2D eigenvalue weighted by molar-refractivity contribution is 6.30. The topological polar surface area (TPSA) is 197 Å². The molecule has 0 saturated heterocycles. The molecule has 5 N–H and O–H groups in total. The first-order chi connectivity index (χ1) is 21.8. The van der Waals surface area contributed by atoms with Gasteiger partial charge in [-0.1, -0.05) is 56.8 Å². The molecule has 1 saturated carbocycles. The average Bonchev–Trinajstić information content (AvgIpc) is 3.02. The minimum Gasteiger partial charge on any atom is -0.507 e. The van der Waals surface area contributed by atoms with E-state index in [1.807, 2.05) is 6.92 Å². The van der Waals surface area contributed by atoms with Gasteiger partial charge in [0, 0.05) is 59.3 Å². The first-order valence-corrected chi connectivity index (χ1v) is 15.1. The molecule has 0 radical (unpaired) electrons. The molecule has 1 fully saturated rings. The van der Waals surface area contributed by atoms with Crippen LogP contribution in [-0.2, 0) is 22.5 Å². The van der Waals surface area contributed by atoms with Crippen molar-refractivity contribution >= 4 is 35.4 Å². The van der Waals surface area contributed by atoms with E-state index in [0.29, 0.717) is 12.0 Å². The third-order valence-electron chi connectivity index (χ3n) is 9.68. The molecule has 6 rings (SSSR count).